The molecule has 26 heavy (non-hydrogen) atoms. The molecule has 1 unspecified atom stereocenters. The van der Waals surface area contributed by atoms with E-state index in [9.17, 15) is 4.79 Å². The SMILES string of the molecule is CN1CC(C(=O)Nc2cnccn2)C=C2c3cccc4[nH]cc(c34)C[C@H]21. The molecule has 0 bridgehead atoms. The van der Waals surface area contributed by atoms with Crippen molar-refractivity contribution in [3.05, 3.63) is 60.2 Å². The number of H-pyrrole nitrogens is 1. The summed E-state index contributed by atoms with van der Waals surface area (Å²) in [7, 11) is 2.10. The Morgan fingerprint density at radius 3 is 3.12 bits per heavy atom. The van der Waals surface area contributed by atoms with E-state index in [0.29, 0.717) is 18.4 Å². The molecule has 3 heterocycles. The zero-order valence-electron chi connectivity index (χ0n) is 14.4. The highest BCUT2D eigenvalue weighted by molar-refractivity contribution is 6.00. The molecule has 2 N–H and O–H groups in total. The van der Waals surface area contributed by atoms with Gasteiger partial charge in [0.05, 0.1) is 12.1 Å². The van der Waals surface area contributed by atoms with Crippen molar-refractivity contribution in [2.75, 3.05) is 18.9 Å². The minimum Gasteiger partial charge on any atom is -0.361 e. The van der Waals surface area contributed by atoms with Gasteiger partial charge < -0.3 is 10.3 Å². The highest BCUT2D eigenvalue weighted by Crippen LogP contribution is 2.40. The number of likely N-dealkylation sites (N-methyl/N-ethyl adjacent to an activating group) is 1. The molecule has 0 spiro atoms. The summed E-state index contributed by atoms with van der Waals surface area (Å²) in [5, 5.41) is 4.17. The Balaban J connectivity index is 1.53. The number of anilines is 1. The van der Waals surface area contributed by atoms with Crippen LogP contribution in [0, 0.1) is 5.92 Å². The van der Waals surface area contributed by atoms with Crippen molar-refractivity contribution in [1.29, 1.82) is 0 Å². The Kier molecular flexibility index (Phi) is 3.39. The molecule has 1 aromatic carbocycles. The lowest BCUT2D eigenvalue weighted by atomic mass is 9.80. The van der Waals surface area contributed by atoms with Crippen LogP contribution in [-0.4, -0.2) is 45.4 Å². The number of hydrogen-bond donors (Lipinski definition) is 2. The third-order valence-corrected chi connectivity index (χ3v) is 5.42. The molecule has 3 aromatic rings. The normalized spacial score (nSPS) is 22.0. The molecule has 6 heteroatoms. The zero-order valence-corrected chi connectivity index (χ0v) is 14.4. The van der Waals surface area contributed by atoms with E-state index in [2.05, 4.69) is 62.7 Å². The first-order chi connectivity index (χ1) is 12.7. The van der Waals surface area contributed by atoms with Crippen LogP contribution in [0.3, 0.4) is 0 Å². The summed E-state index contributed by atoms with van der Waals surface area (Å²) in [5.74, 6) is 0.221. The summed E-state index contributed by atoms with van der Waals surface area (Å²) in [5.41, 5.74) is 4.99. The van der Waals surface area contributed by atoms with Gasteiger partial charge in [-0.2, -0.15) is 0 Å². The van der Waals surface area contributed by atoms with Crippen LogP contribution in [0.15, 0.2) is 49.1 Å². The van der Waals surface area contributed by atoms with Crippen LogP contribution < -0.4 is 5.32 Å². The van der Waals surface area contributed by atoms with Gasteiger partial charge in [-0.3, -0.25) is 14.7 Å². The molecule has 0 saturated carbocycles. The largest absolute Gasteiger partial charge is 0.361 e. The summed E-state index contributed by atoms with van der Waals surface area (Å²) in [6.07, 6.45) is 9.96. The maximum Gasteiger partial charge on any atom is 0.233 e. The van der Waals surface area contributed by atoms with Crippen LogP contribution in [-0.2, 0) is 11.2 Å². The number of hydrogen-bond acceptors (Lipinski definition) is 4. The van der Waals surface area contributed by atoms with Crippen molar-refractivity contribution >= 4 is 28.2 Å². The second-order valence-corrected chi connectivity index (χ2v) is 7.01. The van der Waals surface area contributed by atoms with Gasteiger partial charge in [-0.05, 0) is 36.2 Å². The maximum absolute atomic E-state index is 12.8. The third kappa shape index (κ3) is 2.34. The lowest BCUT2D eigenvalue weighted by Crippen LogP contribution is -2.45. The van der Waals surface area contributed by atoms with Gasteiger partial charge in [-0.25, -0.2) is 4.98 Å². The average molecular weight is 345 g/mol. The summed E-state index contributed by atoms with van der Waals surface area (Å²) in [6.45, 7) is 0.690. The topological polar surface area (TPSA) is 73.9 Å². The molecule has 0 saturated heterocycles. The fraction of sp³-hybridized carbons (Fsp3) is 0.250. The van der Waals surface area contributed by atoms with Crippen molar-refractivity contribution in [2.45, 2.75) is 12.5 Å². The molecule has 6 nitrogen and oxygen atoms in total. The van der Waals surface area contributed by atoms with Gasteiger partial charge in [0.1, 0.15) is 0 Å². The molecule has 1 amide bonds. The Morgan fingerprint density at radius 2 is 2.27 bits per heavy atom. The first-order valence-electron chi connectivity index (χ1n) is 8.79. The summed E-state index contributed by atoms with van der Waals surface area (Å²) in [4.78, 5) is 26.6. The number of benzene rings is 1. The van der Waals surface area contributed by atoms with Gasteiger partial charge in [0.15, 0.2) is 5.82 Å². The van der Waals surface area contributed by atoms with E-state index in [1.807, 2.05) is 0 Å². The minimum atomic E-state index is -0.219. The first kappa shape index (κ1) is 15.3. The standard InChI is InChI=1S/C20H19N5O/c1-25-11-13(20(26)24-18-10-21-5-6-22-18)7-15-14-3-2-4-16-19(14)12(9-23-16)8-17(15)25/h2-7,9-10,13,17,23H,8,11H2,1H3,(H,22,24,26)/t13?,17-/m1/s1. The average Bonchev–Trinajstić information content (AvgIpc) is 3.08. The second-order valence-electron chi connectivity index (χ2n) is 7.01. The van der Waals surface area contributed by atoms with Gasteiger partial charge in [-0.15, -0.1) is 0 Å². The second kappa shape index (κ2) is 5.78. The van der Waals surface area contributed by atoms with Crippen LogP contribution >= 0.6 is 0 Å². The monoisotopic (exact) mass is 345 g/mol. The van der Waals surface area contributed by atoms with Crippen molar-refractivity contribution < 1.29 is 4.79 Å². The van der Waals surface area contributed by atoms with Crippen LogP contribution in [0.25, 0.3) is 16.5 Å². The van der Waals surface area contributed by atoms with E-state index < -0.39 is 0 Å². The number of carbonyl (C=O) groups excluding carboxylic acids is 1. The van der Waals surface area contributed by atoms with E-state index in [1.54, 1.807) is 18.6 Å². The number of fused-ring (bicyclic) bond motifs is 2. The Hall–Kier alpha value is -2.99. The Morgan fingerprint density at radius 1 is 1.35 bits per heavy atom. The minimum absolute atomic E-state index is 0.0460. The van der Waals surface area contributed by atoms with Crippen LogP contribution in [0.4, 0.5) is 5.82 Å². The van der Waals surface area contributed by atoms with Gasteiger partial charge in [-0.1, -0.05) is 18.2 Å². The van der Waals surface area contributed by atoms with Crippen LogP contribution in [0.2, 0.25) is 0 Å². The summed E-state index contributed by atoms with van der Waals surface area (Å²) >= 11 is 0. The molecule has 0 fully saturated rings. The molecule has 0 radical (unpaired) electrons. The van der Waals surface area contributed by atoms with Crippen molar-refractivity contribution in [2.24, 2.45) is 5.92 Å². The number of aromatic nitrogens is 3. The number of amides is 1. The number of aromatic amines is 1. The molecular weight excluding hydrogens is 326 g/mol. The molecule has 1 aliphatic carbocycles. The predicted molar refractivity (Wildman–Crippen MR) is 101 cm³/mol. The van der Waals surface area contributed by atoms with Crippen LogP contribution in [0.1, 0.15) is 11.1 Å². The Labute approximate surface area is 151 Å². The lowest BCUT2D eigenvalue weighted by Gasteiger charge is -2.39. The summed E-state index contributed by atoms with van der Waals surface area (Å²) in [6, 6.07) is 6.65. The lowest BCUT2D eigenvalue weighted by molar-refractivity contribution is -0.119. The van der Waals surface area contributed by atoms with Gasteiger partial charge >= 0.3 is 0 Å². The molecule has 130 valence electrons. The number of nitrogens with one attached hydrogen (secondary N) is 2. The molecule has 2 aliphatic rings. The number of nitrogens with zero attached hydrogens (tertiary/aromatic N) is 3. The fourth-order valence-electron chi connectivity index (χ4n) is 4.20. The van der Waals surface area contributed by atoms with E-state index in [0.717, 1.165) is 11.9 Å². The van der Waals surface area contributed by atoms with E-state index in [4.69, 9.17) is 0 Å². The van der Waals surface area contributed by atoms with E-state index >= 15 is 0 Å². The van der Waals surface area contributed by atoms with Gasteiger partial charge in [0, 0.05) is 42.1 Å². The third-order valence-electron chi connectivity index (χ3n) is 5.42. The number of carbonyl (C=O) groups is 1. The molecule has 2 atom stereocenters. The molecule has 5 rings (SSSR count). The maximum atomic E-state index is 12.8. The number of rotatable bonds is 2. The molecule has 1 aliphatic heterocycles. The molecule has 2 aromatic heterocycles. The van der Waals surface area contributed by atoms with Crippen LogP contribution in [0.5, 0.6) is 0 Å². The van der Waals surface area contributed by atoms with E-state index in [-0.39, 0.29) is 11.8 Å². The van der Waals surface area contributed by atoms with Crippen molar-refractivity contribution in [3.63, 3.8) is 0 Å². The quantitative estimate of drug-likeness (QED) is 0.748. The highest BCUT2D eigenvalue weighted by Gasteiger charge is 2.35. The van der Waals surface area contributed by atoms with Crippen molar-refractivity contribution in [3.8, 4) is 0 Å². The highest BCUT2D eigenvalue weighted by atomic mass is 16.2. The zero-order chi connectivity index (χ0) is 17.7. The predicted octanol–water partition coefficient (Wildman–Crippen LogP) is 2.47. The van der Waals surface area contributed by atoms with E-state index in [1.165, 1.54) is 22.1 Å². The Bertz CT molecular complexity index is 1020. The molecular formula is C20H19N5O. The van der Waals surface area contributed by atoms with Gasteiger partial charge in [0.2, 0.25) is 5.91 Å². The first-order valence-corrected chi connectivity index (χ1v) is 8.79. The van der Waals surface area contributed by atoms with Crippen molar-refractivity contribution in [1.82, 2.24) is 19.9 Å². The smallest absolute Gasteiger partial charge is 0.233 e. The fourth-order valence-corrected chi connectivity index (χ4v) is 4.20. The summed E-state index contributed by atoms with van der Waals surface area (Å²) < 4.78 is 0. The van der Waals surface area contributed by atoms with Gasteiger partial charge in [0.25, 0.3) is 0 Å².